The van der Waals surface area contributed by atoms with Gasteiger partial charge in [0.15, 0.2) is 5.69 Å². The molecule has 0 saturated carbocycles. The van der Waals surface area contributed by atoms with Crippen LogP contribution in [0.25, 0.3) is 23.0 Å². The molecule has 20 heavy (non-hydrogen) atoms. The Morgan fingerprint density at radius 1 is 1.15 bits per heavy atom. The van der Waals surface area contributed by atoms with E-state index in [1.807, 2.05) is 24.3 Å². The molecule has 0 radical (unpaired) electrons. The average Bonchev–Trinajstić information content (AvgIpc) is 2.97. The van der Waals surface area contributed by atoms with E-state index in [-0.39, 0.29) is 0 Å². The highest BCUT2D eigenvalue weighted by molar-refractivity contribution is 5.67. The molecule has 0 amide bonds. The summed E-state index contributed by atoms with van der Waals surface area (Å²) >= 11 is 0. The Labute approximate surface area is 115 Å². The van der Waals surface area contributed by atoms with Gasteiger partial charge in [0.05, 0.1) is 12.8 Å². The number of pyridine rings is 1. The number of aromatic nitrogens is 3. The molecule has 1 aromatic carbocycles. The third-order valence-electron chi connectivity index (χ3n) is 2.82. The van der Waals surface area contributed by atoms with E-state index in [0.29, 0.717) is 23.1 Å². The highest BCUT2D eigenvalue weighted by atomic mass is 16.5. The highest BCUT2D eigenvalue weighted by Gasteiger charge is 2.13. The monoisotopic (exact) mass is 268 g/mol. The van der Waals surface area contributed by atoms with Crippen molar-refractivity contribution in [2.45, 2.75) is 0 Å². The van der Waals surface area contributed by atoms with Crippen LogP contribution in [-0.4, -0.2) is 22.2 Å². The summed E-state index contributed by atoms with van der Waals surface area (Å²) in [5.41, 5.74) is 7.64. The number of benzene rings is 1. The van der Waals surface area contributed by atoms with Crippen molar-refractivity contribution >= 4 is 5.69 Å². The third-order valence-corrected chi connectivity index (χ3v) is 2.82. The van der Waals surface area contributed by atoms with Crippen molar-refractivity contribution in [2.75, 3.05) is 12.8 Å². The summed E-state index contributed by atoms with van der Waals surface area (Å²) in [6.07, 6.45) is 1.63. The zero-order chi connectivity index (χ0) is 13.9. The van der Waals surface area contributed by atoms with Gasteiger partial charge in [-0.15, -0.1) is 0 Å². The summed E-state index contributed by atoms with van der Waals surface area (Å²) in [7, 11) is 1.62. The Kier molecular flexibility index (Phi) is 3.04. The topological polar surface area (TPSA) is 87.1 Å². The number of methoxy groups -OCH3 is 1. The van der Waals surface area contributed by atoms with Gasteiger partial charge in [-0.25, -0.2) is 4.98 Å². The van der Waals surface area contributed by atoms with Gasteiger partial charge in [0.1, 0.15) is 5.75 Å². The van der Waals surface area contributed by atoms with E-state index in [0.717, 1.165) is 11.3 Å². The molecule has 6 heteroatoms. The van der Waals surface area contributed by atoms with Gasteiger partial charge in [0.25, 0.3) is 5.89 Å². The fraction of sp³-hybridized carbons (Fsp3) is 0.0714. The van der Waals surface area contributed by atoms with Gasteiger partial charge in [-0.05, 0) is 36.4 Å². The van der Waals surface area contributed by atoms with Crippen molar-refractivity contribution in [3.05, 3.63) is 42.6 Å². The zero-order valence-electron chi connectivity index (χ0n) is 10.8. The normalized spacial score (nSPS) is 10.4. The van der Waals surface area contributed by atoms with E-state index >= 15 is 0 Å². The maximum absolute atomic E-state index is 5.83. The van der Waals surface area contributed by atoms with Crippen LogP contribution >= 0.6 is 0 Å². The van der Waals surface area contributed by atoms with Crippen molar-refractivity contribution in [1.29, 1.82) is 0 Å². The number of nitrogens with zero attached hydrogens (tertiary/aromatic N) is 3. The molecule has 0 atom stereocenters. The molecule has 0 spiro atoms. The van der Waals surface area contributed by atoms with Crippen LogP contribution in [0.1, 0.15) is 0 Å². The second-order valence-corrected chi connectivity index (χ2v) is 4.09. The number of hydrogen-bond acceptors (Lipinski definition) is 6. The van der Waals surface area contributed by atoms with Crippen LogP contribution in [0.3, 0.4) is 0 Å². The molecule has 0 fully saturated rings. The molecule has 100 valence electrons. The molecule has 0 aliphatic carbocycles. The van der Waals surface area contributed by atoms with Crippen LogP contribution in [0.4, 0.5) is 5.69 Å². The third kappa shape index (κ3) is 2.18. The fourth-order valence-corrected chi connectivity index (χ4v) is 1.77. The minimum Gasteiger partial charge on any atom is -0.497 e. The van der Waals surface area contributed by atoms with E-state index in [9.17, 15) is 0 Å². The molecule has 6 nitrogen and oxygen atoms in total. The Morgan fingerprint density at radius 3 is 2.65 bits per heavy atom. The molecule has 2 aromatic heterocycles. The van der Waals surface area contributed by atoms with E-state index in [2.05, 4.69) is 15.1 Å². The van der Waals surface area contributed by atoms with Crippen molar-refractivity contribution in [2.24, 2.45) is 0 Å². The summed E-state index contributed by atoms with van der Waals surface area (Å²) in [5, 5.41) is 3.94. The first kappa shape index (κ1) is 12.2. The largest absolute Gasteiger partial charge is 0.497 e. The molecule has 3 rings (SSSR count). The standard InChI is InChI=1S/C14H12N4O2/c1-19-10-6-4-9(5-7-10)13-17-14(20-18-13)12-11(15)3-2-8-16-12/h2-8H,15H2,1H3. The SMILES string of the molecule is COc1ccc(-c2noc(-c3ncccc3N)n2)cc1. The van der Waals surface area contributed by atoms with Gasteiger partial charge in [0.2, 0.25) is 5.82 Å². The smallest absolute Gasteiger partial charge is 0.278 e. The molecule has 2 N–H and O–H groups in total. The summed E-state index contributed by atoms with van der Waals surface area (Å²) in [4.78, 5) is 8.45. The Morgan fingerprint density at radius 2 is 1.95 bits per heavy atom. The molecule has 2 heterocycles. The molecule has 0 unspecified atom stereocenters. The van der Waals surface area contributed by atoms with Crippen LogP contribution in [-0.2, 0) is 0 Å². The zero-order valence-corrected chi connectivity index (χ0v) is 10.8. The molecule has 0 saturated heterocycles. The average molecular weight is 268 g/mol. The van der Waals surface area contributed by atoms with E-state index in [4.69, 9.17) is 15.0 Å². The predicted molar refractivity (Wildman–Crippen MR) is 73.9 cm³/mol. The van der Waals surface area contributed by atoms with Gasteiger partial charge in [-0.3, -0.25) is 0 Å². The highest BCUT2D eigenvalue weighted by Crippen LogP contribution is 2.25. The Hall–Kier alpha value is -2.89. The first-order valence-electron chi connectivity index (χ1n) is 5.97. The van der Waals surface area contributed by atoms with E-state index in [1.165, 1.54) is 0 Å². The van der Waals surface area contributed by atoms with Crippen molar-refractivity contribution < 1.29 is 9.26 Å². The van der Waals surface area contributed by atoms with Gasteiger partial charge in [-0.1, -0.05) is 5.16 Å². The van der Waals surface area contributed by atoms with Gasteiger partial charge in [0, 0.05) is 11.8 Å². The maximum Gasteiger partial charge on any atom is 0.278 e. The fourth-order valence-electron chi connectivity index (χ4n) is 1.77. The first-order valence-corrected chi connectivity index (χ1v) is 5.97. The number of nitrogens with two attached hydrogens (primary N) is 1. The quantitative estimate of drug-likeness (QED) is 0.784. The minimum atomic E-state index is 0.300. The van der Waals surface area contributed by atoms with E-state index in [1.54, 1.807) is 25.4 Å². The van der Waals surface area contributed by atoms with E-state index < -0.39 is 0 Å². The van der Waals surface area contributed by atoms with Crippen molar-refractivity contribution in [3.8, 4) is 28.7 Å². The predicted octanol–water partition coefficient (Wildman–Crippen LogP) is 2.39. The van der Waals surface area contributed by atoms with Crippen LogP contribution < -0.4 is 10.5 Å². The molecular weight excluding hydrogens is 256 g/mol. The Bertz CT molecular complexity index is 722. The lowest BCUT2D eigenvalue weighted by molar-refractivity contribution is 0.414. The summed E-state index contributed by atoms with van der Waals surface area (Å²) < 4.78 is 10.3. The van der Waals surface area contributed by atoms with Crippen molar-refractivity contribution in [3.63, 3.8) is 0 Å². The van der Waals surface area contributed by atoms with Crippen LogP contribution in [0.2, 0.25) is 0 Å². The van der Waals surface area contributed by atoms with Crippen LogP contribution in [0.15, 0.2) is 47.1 Å². The maximum atomic E-state index is 5.83. The number of hydrogen-bond donors (Lipinski definition) is 1. The molecule has 3 aromatic rings. The minimum absolute atomic E-state index is 0.300. The number of ether oxygens (including phenoxy) is 1. The first-order chi connectivity index (χ1) is 9.78. The summed E-state index contributed by atoms with van der Waals surface area (Å²) in [6, 6.07) is 10.9. The molecular formula is C14H12N4O2. The summed E-state index contributed by atoms with van der Waals surface area (Å²) in [5.74, 6) is 1.55. The van der Waals surface area contributed by atoms with Gasteiger partial charge < -0.3 is 15.0 Å². The number of nitrogen functional groups attached to an aromatic ring is 1. The molecule has 0 aliphatic heterocycles. The van der Waals surface area contributed by atoms with Crippen LogP contribution in [0, 0.1) is 0 Å². The van der Waals surface area contributed by atoms with Gasteiger partial charge >= 0.3 is 0 Å². The van der Waals surface area contributed by atoms with Crippen molar-refractivity contribution in [1.82, 2.24) is 15.1 Å². The molecule has 0 bridgehead atoms. The van der Waals surface area contributed by atoms with Crippen LogP contribution in [0.5, 0.6) is 5.75 Å². The molecule has 0 aliphatic rings. The van der Waals surface area contributed by atoms with Gasteiger partial charge in [-0.2, -0.15) is 4.98 Å². The summed E-state index contributed by atoms with van der Waals surface area (Å²) in [6.45, 7) is 0. The lowest BCUT2D eigenvalue weighted by Gasteiger charge is -1.99. The Balaban J connectivity index is 1.95. The lowest BCUT2D eigenvalue weighted by atomic mass is 10.2. The second-order valence-electron chi connectivity index (χ2n) is 4.09. The second kappa shape index (κ2) is 5.00. The number of rotatable bonds is 3. The number of anilines is 1. The lowest BCUT2D eigenvalue weighted by Crippen LogP contribution is -1.92.